The monoisotopic (exact) mass is 456 g/mol. The van der Waals surface area contributed by atoms with Crippen molar-refractivity contribution in [2.45, 2.75) is 33.4 Å². The predicted octanol–water partition coefficient (Wildman–Crippen LogP) is 3.75. The second-order valence-electron chi connectivity index (χ2n) is 6.89. The molecule has 0 saturated carbocycles. The number of anilines is 1. The van der Waals surface area contributed by atoms with Crippen LogP contribution < -0.4 is 16.4 Å². The number of carbonyl (C=O) groups is 2. The van der Waals surface area contributed by atoms with Crippen molar-refractivity contribution in [3.05, 3.63) is 56.7 Å². The number of aryl methyl sites for hydroxylation is 2. The van der Waals surface area contributed by atoms with Crippen molar-refractivity contribution in [3.63, 3.8) is 0 Å². The molecule has 0 unspecified atom stereocenters. The predicted molar refractivity (Wildman–Crippen MR) is 121 cm³/mol. The zero-order valence-corrected chi connectivity index (χ0v) is 18.6. The van der Waals surface area contributed by atoms with Gasteiger partial charge < -0.3 is 15.1 Å². The number of benzene rings is 1. The Hall–Kier alpha value is -3.24. The number of nitrogens with zero attached hydrogens (tertiary/aromatic N) is 2. The van der Waals surface area contributed by atoms with Crippen LogP contribution in [0.3, 0.4) is 0 Å². The normalized spacial score (nSPS) is 11.0. The third kappa shape index (κ3) is 4.75. The minimum absolute atomic E-state index is 0.0736. The van der Waals surface area contributed by atoms with Gasteiger partial charge in [0.2, 0.25) is 11.8 Å². The summed E-state index contributed by atoms with van der Waals surface area (Å²) in [7, 11) is 0. The van der Waals surface area contributed by atoms with Crippen LogP contribution in [0.4, 0.5) is 5.13 Å². The smallest absolute Gasteiger partial charge is 0.408 e. The standard InChI is InChI=1S/C21H20N4O4S2/c1-12-19(17-8-7-14(31-17)11-22-13(2)26)24-20(30-12)23-18(27)9-10-25-15-5-3-4-6-16(15)29-21(25)28/h3-8H,9-11H2,1-2H3,(H,22,26)(H,23,24,27). The Balaban J connectivity index is 1.41. The molecule has 4 aromatic rings. The molecule has 2 amide bonds. The molecule has 8 nitrogen and oxygen atoms in total. The number of aromatic nitrogens is 2. The van der Waals surface area contributed by atoms with Crippen LogP contribution in [-0.2, 0) is 22.7 Å². The first-order valence-corrected chi connectivity index (χ1v) is 11.2. The Morgan fingerprint density at radius 1 is 1.16 bits per heavy atom. The largest absolute Gasteiger partial charge is 0.419 e. The number of oxazole rings is 1. The van der Waals surface area contributed by atoms with E-state index in [-0.39, 0.29) is 24.8 Å². The molecule has 0 aliphatic carbocycles. The second-order valence-corrected chi connectivity index (χ2v) is 9.26. The number of amides is 2. The van der Waals surface area contributed by atoms with Gasteiger partial charge in [-0.3, -0.25) is 14.2 Å². The van der Waals surface area contributed by atoms with Gasteiger partial charge >= 0.3 is 5.76 Å². The number of hydrogen-bond acceptors (Lipinski definition) is 7. The van der Waals surface area contributed by atoms with Gasteiger partial charge in [-0.1, -0.05) is 12.1 Å². The molecule has 0 radical (unpaired) electrons. The Kier molecular flexibility index (Phi) is 6.01. The third-order valence-electron chi connectivity index (χ3n) is 4.59. The van der Waals surface area contributed by atoms with Crippen LogP contribution in [0.25, 0.3) is 21.7 Å². The van der Waals surface area contributed by atoms with Crippen LogP contribution >= 0.6 is 22.7 Å². The number of rotatable bonds is 7. The molecule has 3 aromatic heterocycles. The van der Waals surface area contributed by atoms with E-state index in [1.54, 1.807) is 29.5 Å². The lowest BCUT2D eigenvalue weighted by Crippen LogP contribution is -2.19. The summed E-state index contributed by atoms with van der Waals surface area (Å²) in [6.45, 7) is 4.14. The highest BCUT2D eigenvalue weighted by Crippen LogP contribution is 2.34. The minimum atomic E-state index is -0.478. The van der Waals surface area contributed by atoms with Crippen molar-refractivity contribution in [3.8, 4) is 10.6 Å². The third-order valence-corrected chi connectivity index (χ3v) is 6.56. The van der Waals surface area contributed by atoms with Gasteiger partial charge in [0.1, 0.15) is 0 Å². The number of nitrogens with one attached hydrogen (secondary N) is 2. The van der Waals surface area contributed by atoms with Crippen LogP contribution in [-0.4, -0.2) is 21.4 Å². The van der Waals surface area contributed by atoms with Crippen molar-refractivity contribution < 1.29 is 14.0 Å². The first-order chi connectivity index (χ1) is 14.9. The quantitative estimate of drug-likeness (QED) is 0.441. The molecule has 31 heavy (non-hydrogen) atoms. The number of hydrogen-bond donors (Lipinski definition) is 2. The van der Waals surface area contributed by atoms with Crippen molar-refractivity contribution >= 4 is 50.7 Å². The average molecular weight is 457 g/mol. The van der Waals surface area contributed by atoms with Crippen LogP contribution in [0.2, 0.25) is 0 Å². The van der Waals surface area contributed by atoms with Gasteiger partial charge in [0.25, 0.3) is 0 Å². The number of fused-ring (bicyclic) bond motifs is 1. The maximum absolute atomic E-state index is 12.4. The van der Waals surface area contributed by atoms with Gasteiger partial charge in [0, 0.05) is 29.6 Å². The summed E-state index contributed by atoms with van der Waals surface area (Å²) in [6.07, 6.45) is 0.122. The maximum atomic E-state index is 12.4. The molecule has 4 rings (SSSR count). The van der Waals surface area contributed by atoms with Crippen LogP contribution in [0.1, 0.15) is 23.1 Å². The number of thiophene rings is 1. The zero-order valence-electron chi connectivity index (χ0n) is 16.9. The fourth-order valence-corrected chi connectivity index (χ4v) is 5.01. The SMILES string of the molecule is CC(=O)NCc1ccc(-c2nc(NC(=O)CCn3c(=O)oc4ccccc43)sc2C)s1. The lowest BCUT2D eigenvalue weighted by Gasteiger charge is -2.03. The summed E-state index contributed by atoms with van der Waals surface area (Å²) < 4.78 is 6.65. The van der Waals surface area contributed by atoms with Crippen LogP contribution in [0, 0.1) is 6.92 Å². The van der Waals surface area contributed by atoms with E-state index in [1.807, 2.05) is 25.1 Å². The molecule has 0 aliphatic heterocycles. The number of thiazole rings is 1. The Bertz CT molecular complexity index is 1310. The van der Waals surface area contributed by atoms with E-state index in [4.69, 9.17) is 4.42 Å². The van der Waals surface area contributed by atoms with E-state index in [2.05, 4.69) is 15.6 Å². The highest BCUT2D eigenvalue weighted by Gasteiger charge is 2.15. The molecular formula is C21H20N4O4S2. The summed E-state index contributed by atoms with van der Waals surface area (Å²) in [5.41, 5.74) is 1.98. The van der Waals surface area contributed by atoms with E-state index >= 15 is 0 Å². The Labute approximate surface area is 185 Å². The van der Waals surface area contributed by atoms with E-state index < -0.39 is 5.76 Å². The van der Waals surface area contributed by atoms with Crippen LogP contribution in [0.5, 0.6) is 0 Å². The zero-order chi connectivity index (χ0) is 22.0. The van der Waals surface area contributed by atoms with E-state index in [0.29, 0.717) is 22.8 Å². The lowest BCUT2D eigenvalue weighted by molar-refractivity contribution is -0.119. The maximum Gasteiger partial charge on any atom is 0.419 e. The first kappa shape index (κ1) is 21.0. The molecule has 0 bridgehead atoms. The first-order valence-electron chi connectivity index (χ1n) is 9.60. The van der Waals surface area contributed by atoms with E-state index in [1.165, 1.54) is 22.8 Å². The minimum Gasteiger partial charge on any atom is -0.408 e. The fraction of sp³-hybridized carbons (Fsp3) is 0.238. The molecule has 2 N–H and O–H groups in total. The average Bonchev–Trinajstić information content (AvgIpc) is 3.41. The molecule has 0 spiro atoms. The van der Waals surface area contributed by atoms with Crippen molar-refractivity contribution in [1.82, 2.24) is 14.9 Å². The fourth-order valence-electron chi connectivity index (χ4n) is 3.11. The number of carbonyl (C=O) groups excluding carboxylic acids is 2. The van der Waals surface area contributed by atoms with Crippen molar-refractivity contribution in [2.24, 2.45) is 0 Å². The summed E-state index contributed by atoms with van der Waals surface area (Å²) in [6, 6.07) is 11.0. The van der Waals surface area contributed by atoms with Crippen LogP contribution in [0.15, 0.2) is 45.6 Å². The van der Waals surface area contributed by atoms with Gasteiger partial charge in [0.15, 0.2) is 10.7 Å². The molecule has 1 aromatic carbocycles. The lowest BCUT2D eigenvalue weighted by atomic mass is 10.3. The summed E-state index contributed by atoms with van der Waals surface area (Å²) >= 11 is 2.95. The molecule has 0 fully saturated rings. The summed E-state index contributed by atoms with van der Waals surface area (Å²) in [4.78, 5) is 43.1. The van der Waals surface area contributed by atoms with Crippen molar-refractivity contribution in [1.29, 1.82) is 0 Å². The molecule has 160 valence electrons. The molecule has 3 heterocycles. The Morgan fingerprint density at radius 2 is 1.97 bits per heavy atom. The molecule has 0 aliphatic rings. The van der Waals surface area contributed by atoms with Crippen molar-refractivity contribution in [2.75, 3.05) is 5.32 Å². The summed E-state index contributed by atoms with van der Waals surface area (Å²) in [5, 5.41) is 6.11. The highest BCUT2D eigenvalue weighted by molar-refractivity contribution is 7.18. The number of para-hydroxylation sites is 2. The van der Waals surface area contributed by atoms with Gasteiger partial charge in [-0.25, -0.2) is 9.78 Å². The van der Waals surface area contributed by atoms with Gasteiger partial charge in [-0.2, -0.15) is 0 Å². The topological polar surface area (TPSA) is 106 Å². The van der Waals surface area contributed by atoms with E-state index in [9.17, 15) is 14.4 Å². The van der Waals surface area contributed by atoms with Gasteiger partial charge in [0.05, 0.1) is 22.6 Å². The highest BCUT2D eigenvalue weighted by atomic mass is 32.1. The molecule has 10 heteroatoms. The molecule has 0 saturated heterocycles. The summed E-state index contributed by atoms with van der Waals surface area (Å²) in [5.74, 6) is -0.778. The van der Waals surface area contributed by atoms with Gasteiger partial charge in [-0.15, -0.1) is 22.7 Å². The Morgan fingerprint density at radius 3 is 2.77 bits per heavy atom. The van der Waals surface area contributed by atoms with Gasteiger partial charge in [-0.05, 0) is 31.2 Å². The second kappa shape index (κ2) is 8.86. The van der Waals surface area contributed by atoms with E-state index in [0.717, 1.165) is 20.3 Å². The molecule has 0 atom stereocenters. The molecular weight excluding hydrogens is 436 g/mol.